The van der Waals surface area contributed by atoms with E-state index >= 15 is 0 Å². The van der Waals surface area contributed by atoms with Gasteiger partial charge in [-0.2, -0.15) is 5.10 Å². The van der Waals surface area contributed by atoms with Crippen molar-refractivity contribution in [1.82, 2.24) is 9.78 Å². The second-order valence-electron chi connectivity index (χ2n) is 5.02. The lowest BCUT2D eigenvalue weighted by atomic mass is 10.0. The number of ether oxygens (including phenoxy) is 2. The Labute approximate surface area is 123 Å². The molecule has 0 aliphatic carbocycles. The monoisotopic (exact) mass is 286 g/mol. The summed E-state index contributed by atoms with van der Waals surface area (Å²) in [6.45, 7) is 0.753. The zero-order chi connectivity index (χ0) is 14.7. The molecule has 0 amide bonds. The number of nitrogens with zero attached hydrogens (tertiary/aromatic N) is 2. The highest BCUT2D eigenvalue weighted by Gasteiger charge is 2.22. The third-order valence-corrected chi connectivity index (χ3v) is 3.71. The van der Waals surface area contributed by atoms with Gasteiger partial charge >= 0.3 is 5.97 Å². The fourth-order valence-corrected chi connectivity index (χ4v) is 2.67. The molecular weight excluding hydrogens is 268 g/mol. The van der Waals surface area contributed by atoms with Crippen LogP contribution in [0, 0.1) is 0 Å². The molecule has 2 heterocycles. The van der Waals surface area contributed by atoms with Crippen molar-refractivity contribution < 1.29 is 14.3 Å². The predicted molar refractivity (Wildman–Crippen MR) is 77.8 cm³/mol. The van der Waals surface area contributed by atoms with Crippen molar-refractivity contribution >= 4 is 5.97 Å². The van der Waals surface area contributed by atoms with Crippen LogP contribution < -0.4 is 0 Å². The summed E-state index contributed by atoms with van der Waals surface area (Å²) in [4.78, 5) is 11.9. The summed E-state index contributed by atoms with van der Waals surface area (Å²) in [7, 11) is 1.39. The number of aromatic nitrogens is 2. The molecule has 0 bridgehead atoms. The second kappa shape index (κ2) is 6.10. The van der Waals surface area contributed by atoms with Crippen molar-refractivity contribution in [3.05, 3.63) is 42.1 Å². The van der Waals surface area contributed by atoms with Crippen LogP contribution in [-0.2, 0) is 9.47 Å². The van der Waals surface area contributed by atoms with Gasteiger partial charge in [0, 0.05) is 18.4 Å². The Morgan fingerprint density at radius 3 is 2.95 bits per heavy atom. The highest BCUT2D eigenvalue weighted by molar-refractivity contribution is 5.96. The van der Waals surface area contributed by atoms with Crippen LogP contribution >= 0.6 is 0 Å². The highest BCUT2D eigenvalue weighted by Crippen LogP contribution is 2.30. The average Bonchev–Trinajstić information content (AvgIpc) is 3.04. The minimum atomic E-state index is -0.345. The van der Waals surface area contributed by atoms with Crippen LogP contribution in [0.15, 0.2) is 36.5 Å². The van der Waals surface area contributed by atoms with E-state index in [0.29, 0.717) is 5.56 Å². The lowest BCUT2D eigenvalue weighted by Crippen LogP contribution is -2.20. The molecule has 0 spiro atoms. The molecule has 0 radical (unpaired) electrons. The van der Waals surface area contributed by atoms with Gasteiger partial charge in [-0.25, -0.2) is 9.48 Å². The maximum Gasteiger partial charge on any atom is 0.338 e. The fourth-order valence-electron chi connectivity index (χ4n) is 2.67. The van der Waals surface area contributed by atoms with Gasteiger partial charge in [-0.3, -0.25) is 0 Å². The Balaban J connectivity index is 2.02. The molecule has 1 atom stereocenters. The van der Waals surface area contributed by atoms with Crippen LogP contribution in [-0.4, -0.2) is 29.5 Å². The second-order valence-corrected chi connectivity index (χ2v) is 5.02. The van der Waals surface area contributed by atoms with Crippen molar-refractivity contribution in [2.75, 3.05) is 13.7 Å². The minimum absolute atomic E-state index is 0.0607. The number of esters is 1. The first-order valence-electron chi connectivity index (χ1n) is 7.14. The van der Waals surface area contributed by atoms with E-state index < -0.39 is 0 Å². The average molecular weight is 286 g/mol. The minimum Gasteiger partial charge on any atom is -0.465 e. The van der Waals surface area contributed by atoms with E-state index in [1.165, 1.54) is 7.11 Å². The number of hydrogen-bond acceptors (Lipinski definition) is 4. The standard InChI is InChI=1S/C16H18N2O3/c1-20-16(19)13-7-3-2-6-12(13)14-9-10-17-18(14)15-8-4-5-11-21-15/h2-3,6-7,9-10,15H,4-5,8,11H2,1H3. The summed E-state index contributed by atoms with van der Waals surface area (Å²) in [5.41, 5.74) is 2.23. The Kier molecular flexibility index (Phi) is 4.01. The molecular formula is C16H18N2O3. The lowest BCUT2D eigenvalue weighted by molar-refractivity contribution is -0.0383. The van der Waals surface area contributed by atoms with Gasteiger partial charge in [0.05, 0.1) is 18.4 Å². The van der Waals surface area contributed by atoms with E-state index in [1.54, 1.807) is 12.3 Å². The molecule has 1 aromatic carbocycles. The smallest absolute Gasteiger partial charge is 0.338 e. The van der Waals surface area contributed by atoms with Crippen LogP contribution in [0.4, 0.5) is 0 Å². The van der Waals surface area contributed by atoms with Gasteiger partial charge in [0.2, 0.25) is 0 Å². The molecule has 1 aliphatic heterocycles. The first kappa shape index (κ1) is 13.8. The number of methoxy groups -OCH3 is 1. The van der Waals surface area contributed by atoms with Gasteiger partial charge in [0.25, 0.3) is 0 Å². The molecule has 21 heavy (non-hydrogen) atoms. The molecule has 0 saturated carbocycles. The van der Waals surface area contributed by atoms with Gasteiger partial charge < -0.3 is 9.47 Å². The fraction of sp³-hybridized carbons (Fsp3) is 0.375. The van der Waals surface area contributed by atoms with Crippen LogP contribution in [0.25, 0.3) is 11.3 Å². The van der Waals surface area contributed by atoms with Gasteiger partial charge in [-0.05, 0) is 31.4 Å². The molecule has 1 saturated heterocycles. The molecule has 110 valence electrons. The van der Waals surface area contributed by atoms with Crippen LogP contribution in [0.3, 0.4) is 0 Å². The first-order valence-corrected chi connectivity index (χ1v) is 7.14. The number of carbonyl (C=O) groups excluding carboxylic acids is 1. The van der Waals surface area contributed by atoms with Gasteiger partial charge in [-0.15, -0.1) is 0 Å². The molecule has 1 aliphatic rings. The Morgan fingerprint density at radius 1 is 1.33 bits per heavy atom. The Morgan fingerprint density at radius 2 is 2.19 bits per heavy atom. The zero-order valence-electron chi connectivity index (χ0n) is 12.0. The maximum absolute atomic E-state index is 11.9. The molecule has 1 aromatic heterocycles. The summed E-state index contributed by atoms with van der Waals surface area (Å²) >= 11 is 0. The molecule has 5 nitrogen and oxygen atoms in total. The van der Waals surface area contributed by atoms with E-state index in [9.17, 15) is 4.79 Å². The topological polar surface area (TPSA) is 53.3 Å². The van der Waals surface area contributed by atoms with E-state index in [2.05, 4.69) is 5.10 Å². The number of carbonyl (C=O) groups is 1. The van der Waals surface area contributed by atoms with E-state index in [-0.39, 0.29) is 12.2 Å². The Hall–Kier alpha value is -2.14. The van der Waals surface area contributed by atoms with Crippen molar-refractivity contribution in [3.8, 4) is 11.3 Å². The SMILES string of the molecule is COC(=O)c1ccccc1-c1ccnn1C1CCCCO1. The van der Waals surface area contributed by atoms with Gasteiger partial charge in [0.15, 0.2) is 6.23 Å². The van der Waals surface area contributed by atoms with E-state index in [1.807, 2.05) is 28.9 Å². The first-order chi connectivity index (χ1) is 10.3. The summed E-state index contributed by atoms with van der Waals surface area (Å²) in [5, 5.41) is 4.38. The summed E-state index contributed by atoms with van der Waals surface area (Å²) < 4.78 is 12.5. The lowest BCUT2D eigenvalue weighted by Gasteiger charge is -2.24. The molecule has 2 aromatic rings. The van der Waals surface area contributed by atoms with Gasteiger partial charge in [0.1, 0.15) is 0 Å². The van der Waals surface area contributed by atoms with E-state index in [0.717, 1.165) is 37.1 Å². The maximum atomic E-state index is 11.9. The molecule has 1 fully saturated rings. The van der Waals surface area contributed by atoms with Crippen molar-refractivity contribution in [3.63, 3.8) is 0 Å². The third kappa shape index (κ3) is 2.69. The number of rotatable bonds is 3. The number of hydrogen-bond donors (Lipinski definition) is 0. The quantitative estimate of drug-likeness (QED) is 0.814. The molecule has 5 heteroatoms. The normalized spacial score (nSPS) is 18.4. The summed E-state index contributed by atoms with van der Waals surface area (Å²) in [5.74, 6) is -0.345. The van der Waals surface area contributed by atoms with Crippen molar-refractivity contribution in [2.24, 2.45) is 0 Å². The largest absolute Gasteiger partial charge is 0.465 e. The Bertz CT molecular complexity index is 630. The highest BCUT2D eigenvalue weighted by atomic mass is 16.5. The van der Waals surface area contributed by atoms with Crippen molar-refractivity contribution in [2.45, 2.75) is 25.5 Å². The molecule has 1 unspecified atom stereocenters. The third-order valence-electron chi connectivity index (χ3n) is 3.71. The van der Waals surface area contributed by atoms with Crippen LogP contribution in [0.2, 0.25) is 0 Å². The summed E-state index contributed by atoms with van der Waals surface area (Å²) in [6, 6.07) is 9.30. The zero-order valence-corrected chi connectivity index (χ0v) is 12.0. The summed E-state index contributed by atoms with van der Waals surface area (Å²) in [6.07, 6.45) is 4.83. The molecule has 0 N–H and O–H groups in total. The predicted octanol–water partition coefficient (Wildman–Crippen LogP) is 3.04. The number of benzene rings is 1. The molecule has 3 rings (SSSR count). The van der Waals surface area contributed by atoms with Gasteiger partial charge in [-0.1, -0.05) is 18.2 Å². The van der Waals surface area contributed by atoms with Crippen LogP contribution in [0.1, 0.15) is 35.8 Å². The van der Waals surface area contributed by atoms with Crippen LogP contribution in [0.5, 0.6) is 0 Å². The van der Waals surface area contributed by atoms with E-state index in [4.69, 9.17) is 9.47 Å². The van der Waals surface area contributed by atoms with Crippen molar-refractivity contribution in [1.29, 1.82) is 0 Å².